The van der Waals surface area contributed by atoms with Gasteiger partial charge in [0.25, 0.3) is 0 Å². The van der Waals surface area contributed by atoms with Crippen LogP contribution in [0.25, 0.3) is 0 Å². The number of thiol groups is 1. The fraction of sp³-hybridized carbons (Fsp3) is 1.00. The van der Waals surface area contributed by atoms with Crippen molar-refractivity contribution in [1.29, 1.82) is 0 Å². The summed E-state index contributed by atoms with van der Waals surface area (Å²) < 4.78 is 0. The van der Waals surface area contributed by atoms with Crippen LogP contribution >= 0.6 is 12.6 Å². The van der Waals surface area contributed by atoms with Gasteiger partial charge in [-0.1, -0.05) is 0 Å². The Labute approximate surface area is 95.8 Å². The van der Waals surface area contributed by atoms with Crippen molar-refractivity contribution >= 4 is 12.6 Å². The third-order valence-corrected chi connectivity index (χ3v) is 2.31. The molecule has 6 heteroatoms. The lowest BCUT2D eigenvalue weighted by Gasteiger charge is -2.25. The highest BCUT2D eigenvalue weighted by Gasteiger charge is 2.14. The minimum atomic E-state index is -0.809. The summed E-state index contributed by atoms with van der Waals surface area (Å²) in [6, 6.07) is 0. The van der Waals surface area contributed by atoms with Crippen LogP contribution in [0.5, 0.6) is 0 Å². The Morgan fingerprint density at radius 2 is 1.47 bits per heavy atom. The molecule has 0 aromatic rings. The first-order valence-electron chi connectivity index (χ1n) is 5.05. The highest BCUT2D eigenvalue weighted by Crippen LogP contribution is 1.98. The summed E-state index contributed by atoms with van der Waals surface area (Å²) in [5.41, 5.74) is 0. The molecule has 0 aliphatic heterocycles. The molecule has 15 heavy (non-hydrogen) atoms. The minimum Gasteiger partial charge on any atom is -0.394 e. The molecule has 0 rings (SSSR count). The predicted octanol–water partition coefficient (Wildman–Crippen LogP) is -1.69. The second-order valence-electron chi connectivity index (χ2n) is 3.51. The van der Waals surface area contributed by atoms with Gasteiger partial charge in [-0.15, -0.1) is 0 Å². The largest absolute Gasteiger partial charge is 0.394 e. The molecular formula is C9H21NO4S. The Morgan fingerprint density at radius 3 is 1.80 bits per heavy atom. The molecule has 0 saturated heterocycles. The summed E-state index contributed by atoms with van der Waals surface area (Å²) in [5.74, 6) is 0.723. The van der Waals surface area contributed by atoms with Crippen molar-refractivity contribution < 1.29 is 20.4 Å². The van der Waals surface area contributed by atoms with Crippen LogP contribution in [0.15, 0.2) is 0 Å². The number of hydrogen-bond donors (Lipinski definition) is 5. The van der Waals surface area contributed by atoms with Gasteiger partial charge in [0, 0.05) is 13.1 Å². The van der Waals surface area contributed by atoms with Crippen LogP contribution in [0, 0.1) is 0 Å². The van der Waals surface area contributed by atoms with Gasteiger partial charge in [0.05, 0.1) is 25.4 Å². The predicted molar refractivity (Wildman–Crippen MR) is 61.1 cm³/mol. The Balaban J connectivity index is 3.93. The quantitative estimate of drug-likeness (QED) is 0.310. The van der Waals surface area contributed by atoms with Crippen molar-refractivity contribution in [2.24, 2.45) is 0 Å². The molecule has 0 amide bonds. The summed E-state index contributed by atoms with van der Waals surface area (Å²) in [6.07, 6.45) is -0.786. The van der Waals surface area contributed by atoms with Crippen molar-refractivity contribution in [3.05, 3.63) is 0 Å². The Morgan fingerprint density at radius 1 is 1.00 bits per heavy atom. The lowest BCUT2D eigenvalue weighted by Crippen LogP contribution is -2.40. The number of aliphatic hydroxyl groups is 4. The smallest absolute Gasteiger partial charge is 0.0897 e. The molecule has 0 saturated carbocycles. The van der Waals surface area contributed by atoms with Crippen molar-refractivity contribution in [3.63, 3.8) is 0 Å². The molecule has 0 aliphatic carbocycles. The number of aliphatic hydroxyl groups excluding tert-OH is 4. The zero-order chi connectivity index (χ0) is 11.7. The molecule has 0 radical (unpaired) electrons. The summed E-state index contributed by atoms with van der Waals surface area (Å²) in [5, 5.41) is 35.9. The molecule has 92 valence electrons. The van der Waals surface area contributed by atoms with Gasteiger partial charge < -0.3 is 20.4 Å². The van der Waals surface area contributed by atoms with E-state index in [1.54, 1.807) is 4.90 Å². The Hall–Kier alpha value is 0.150. The summed E-state index contributed by atoms with van der Waals surface area (Å²) in [7, 11) is 0. The average Bonchev–Trinajstić information content (AvgIpc) is 2.25. The van der Waals surface area contributed by atoms with E-state index < -0.39 is 12.2 Å². The molecule has 2 unspecified atom stereocenters. The highest BCUT2D eigenvalue weighted by atomic mass is 32.1. The van der Waals surface area contributed by atoms with Crippen LogP contribution in [0.3, 0.4) is 0 Å². The van der Waals surface area contributed by atoms with Crippen molar-refractivity contribution in [3.8, 4) is 0 Å². The highest BCUT2D eigenvalue weighted by molar-refractivity contribution is 7.80. The lowest BCUT2D eigenvalue weighted by molar-refractivity contribution is 0.0235. The molecule has 0 spiro atoms. The summed E-state index contributed by atoms with van der Waals surface area (Å²) in [4.78, 5) is 1.80. The molecule has 0 fully saturated rings. The molecule has 0 aromatic heterocycles. The van der Waals surface area contributed by atoms with E-state index in [2.05, 4.69) is 12.6 Å². The van der Waals surface area contributed by atoms with E-state index in [-0.39, 0.29) is 13.2 Å². The second-order valence-corrected chi connectivity index (χ2v) is 3.96. The number of rotatable bonds is 9. The van der Waals surface area contributed by atoms with E-state index in [1.807, 2.05) is 0 Å². The van der Waals surface area contributed by atoms with Crippen LogP contribution < -0.4 is 0 Å². The minimum absolute atomic E-state index is 0.293. The van der Waals surface area contributed by atoms with Gasteiger partial charge in [-0.3, -0.25) is 4.90 Å². The molecule has 0 heterocycles. The van der Waals surface area contributed by atoms with E-state index in [9.17, 15) is 10.2 Å². The van der Waals surface area contributed by atoms with Gasteiger partial charge >= 0.3 is 0 Å². The van der Waals surface area contributed by atoms with Crippen molar-refractivity contribution in [1.82, 2.24) is 4.90 Å². The van der Waals surface area contributed by atoms with Crippen molar-refractivity contribution in [2.75, 3.05) is 38.6 Å². The lowest BCUT2D eigenvalue weighted by atomic mass is 10.2. The Bertz CT molecular complexity index is 138. The Kier molecular flexibility index (Phi) is 9.48. The number of hydrogen-bond acceptors (Lipinski definition) is 6. The molecule has 2 atom stereocenters. The number of nitrogens with zero attached hydrogens (tertiary/aromatic N) is 1. The van der Waals surface area contributed by atoms with E-state index in [0.29, 0.717) is 19.6 Å². The first-order chi connectivity index (χ1) is 7.13. The van der Waals surface area contributed by atoms with Gasteiger partial charge in [-0.25, -0.2) is 0 Å². The fourth-order valence-corrected chi connectivity index (χ4v) is 1.40. The maximum absolute atomic E-state index is 9.26. The third kappa shape index (κ3) is 8.01. The normalized spacial score (nSPS) is 15.6. The van der Waals surface area contributed by atoms with Gasteiger partial charge in [-0.2, -0.15) is 12.6 Å². The van der Waals surface area contributed by atoms with E-state index >= 15 is 0 Å². The van der Waals surface area contributed by atoms with Crippen LogP contribution in [0.1, 0.15) is 6.42 Å². The third-order valence-electron chi connectivity index (χ3n) is 1.99. The first kappa shape index (κ1) is 15.2. The van der Waals surface area contributed by atoms with Crippen LogP contribution in [-0.2, 0) is 0 Å². The van der Waals surface area contributed by atoms with Crippen molar-refractivity contribution in [2.45, 2.75) is 18.6 Å². The monoisotopic (exact) mass is 239 g/mol. The molecule has 4 N–H and O–H groups in total. The maximum Gasteiger partial charge on any atom is 0.0897 e. The van der Waals surface area contributed by atoms with Gasteiger partial charge in [0.2, 0.25) is 0 Å². The van der Waals surface area contributed by atoms with Crippen LogP contribution in [0.4, 0.5) is 0 Å². The van der Waals surface area contributed by atoms with E-state index in [0.717, 1.165) is 12.2 Å². The zero-order valence-corrected chi connectivity index (χ0v) is 9.68. The van der Waals surface area contributed by atoms with Gasteiger partial charge in [0.1, 0.15) is 0 Å². The molecule has 0 aromatic carbocycles. The fourth-order valence-electron chi connectivity index (χ4n) is 1.26. The molecule has 0 aliphatic rings. The standard InChI is InChI=1S/C9H21NO4S/c11-6-8(13)4-10(2-1-3-15)5-9(14)7-12/h8-9,11-15H,1-7H2. The molecule has 5 nitrogen and oxygen atoms in total. The van der Waals surface area contributed by atoms with Crippen LogP contribution in [0.2, 0.25) is 0 Å². The van der Waals surface area contributed by atoms with E-state index in [4.69, 9.17) is 10.2 Å². The summed E-state index contributed by atoms with van der Waals surface area (Å²) in [6.45, 7) is 0.666. The maximum atomic E-state index is 9.26. The SMILES string of the molecule is OCC(O)CN(CCCS)CC(O)CO. The topological polar surface area (TPSA) is 84.2 Å². The first-order valence-corrected chi connectivity index (χ1v) is 5.68. The van der Waals surface area contributed by atoms with Gasteiger partial charge in [0.15, 0.2) is 0 Å². The summed E-state index contributed by atoms with van der Waals surface area (Å²) >= 11 is 4.07. The second kappa shape index (κ2) is 9.38. The molecule has 0 bridgehead atoms. The zero-order valence-electron chi connectivity index (χ0n) is 8.79. The van der Waals surface area contributed by atoms with Gasteiger partial charge in [-0.05, 0) is 18.7 Å². The van der Waals surface area contributed by atoms with Crippen LogP contribution in [-0.4, -0.2) is 76.1 Å². The van der Waals surface area contributed by atoms with E-state index in [1.165, 1.54) is 0 Å². The molecular weight excluding hydrogens is 218 g/mol. The average molecular weight is 239 g/mol.